The third-order valence-electron chi connectivity index (χ3n) is 17.2. The highest BCUT2D eigenvalue weighted by Gasteiger charge is 2.39. The van der Waals surface area contributed by atoms with Crippen LogP contribution in [0.4, 0.5) is 34.4 Å². The van der Waals surface area contributed by atoms with E-state index in [9.17, 15) is 0 Å². The highest BCUT2D eigenvalue weighted by molar-refractivity contribution is 5.90. The Morgan fingerprint density at radius 3 is 0.848 bits per heavy atom. The first-order valence-electron chi connectivity index (χ1n) is 27.8. The normalized spacial score (nSPS) is 14.7. The van der Waals surface area contributed by atoms with E-state index in [0.29, 0.717) is 0 Å². The van der Waals surface area contributed by atoms with Gasteiger partial charge >= 0.3 is 0 Å². The van der Waals surface area contributed by atoms with Gasteiger partial charge < -0.3 is 0 Å². The van der Waals surface area contributed by atoms with E-state index in [1.807, 2.05) is 24.5 Å². The number of hydrogen-bond donors (Lipinski definition) is 0. The second-order valence-corrected chi connectivity index (χ2v) is 24.0. The minimum Gasteiger partial charge on any atom is -0.295 e. The molecule has 386 valence electrons. The van der Waals surface area contributed by atoms with E-state index in [4.69, 9.17) is 9.97 Å². The molecule has 0 saturated heterocycles. The lowest BCUT2D eigenvalue weighted by atomic mass is 9.81. The largest absolute Gasteiger partial charge is 0.295 e. The van der Waals surface area contributed by atoms with Crippen LogP contribution in [0.2, 0.25) is 0 Å². The molecule has 10 aromatic rings. The molecule has 3 aliphatic rings. The molecule has 0 radical (unpaired) electrons. The van der Waals surface area contributed by atoms with Gasteiger partial charge in [-0.05, 0) is 212 Å². The number of fused-ring (bicyclic) bond motifs is 9. The summed E-state index contributed by atoms with van der Waals surface area (Å²) >= 11 is 0. The van der Waals surface area contributed by atoms with Crippen LogP contribution >= 0.6 is 0 Å². The number of rotatable bonds is 10. The zero-order chi connectivity index (χ0) is 54.5. The molecule has 0 unspecified atom stereocenters. The molecule has 4 nitrogen and oxygen atoms in total. The van der Waals surface area contributed by atoms with E-state index < -0.39 is 0 Å². The van der Waals surface area contributed by atoms with Crippen molar-refractivity contribution in [2.75, 3.05) is 9.80 Å². The standard InChI is InChI=1S/C75H66N4/c1-47-35-48(2)38-57(37-47)78(71-15-11-13-33-76-71)55-25-31-63-61-29-23-53(43-67(61)74(7,8)69(63)45-55)19-17-51-21-27-59-60-28-22-52(42-66(60)73(5,6)65(59)41-51)18-20-54-24-30-62-64-32-26-56(46-70(64)75(9,10)68(62)44-54)79(72-16-12-14-34-77-72)58-39-49(3)36-50(4)40-58/h11-46H,1-10H3. The lowest BCUT2D eigenvalue weighted by molar-refractivity contribution is 0.660. The van der Waals surface area contributed by atoms with Crippen molar-refractivity contribution in [3.8, 4) is 33.4 Å². The third-order valence-corrected chi connectivity index (χ3v) is 17.2. The average molecular weight is 1020 g/mol. The summed E-state index contributed by atoms with van der Waals surface area (Å²) in [6.45, 7) is 22.9. The molecule has 0 amide bonds. The van der Waals surface area contributed by atoms with Crippen LogP contribution < -0.4 is 9.80 Å². The first-order valence-corrected chi connectivity index (χ1v) is 27.8. The van der Waals surface area contributed by atoms with Crippen LogP contribution in [0.25, 0.3) is 57.7 Å². The van der Waals surface area contributed by atoms with E-state index in [-0.39, 0.29) is 16.2 Å². The Morgan fingerprint density at radius 2 is 0.570 bits per heavy atom. The fraction of sp³-hybridized carbons (Fsp3) is 0.173. The Morgan fingerprint density at radius 1 is 0.291 bits per heavy atom. The monoisotopic (exact) mass is 1020 g/mol. The summed E-state index contributed by atoms with van der Waals surface area (Å²) in [6, 6.07) is 67.7. The molecular weight excluding hydrogens is 957 g/mol. The van der Waals surface area contributed by atoms with E-state index in [1.165, 1.54) is 111 Å². The maximum atomic E-state index is 4.82. The van der Waals surface area contributed by atoms with Crippen LogP contribution in [0.3, 0.4) is 0 Å². The maximum absolute atomic E-state index is 4.82. The highest BCUT2D eigenvalue weighted by Crippen LogP contribution is 2.54. The van der Waals surface area contributed by atoms with Gasteiger partial charge in [0.2, 0.25) is 0 Å². The Labute approximate surface area is 467 Å². The van der Waals surface area contributed by atoms with Gasteiger partial charge in [0.1, 0.15) is 11.6 Å². The molecule has 2 heterocycles. The van der Waals surface area contributed by atoms with Crippen molar-refractivity contribution in [1.82, 2.24) is 9.97 Å². The van der Waals surface area contributed by atoms with Gasteiger partial charge in [-0.3, -0.25) is 9.80 Å². The Balaban J connectivity index is 0.733. The Hall–Kier alpha value is -8.86. The van der Waals surface area contributed by atoms with E-state index >= 15 is 0 Å². The third kappa shape index (κ3) is 8.53. The van der Waals surface area contributed by atoms with Crippen LogP contribution in [-0.2, 0) is 16.2 Å². The summed E-state index contributed by atoms with van der Waals surface area (Å²) in [6.07, 6.45) is 12.9. The van der Waals surface area contributed by atoms with Crippen molar-refractivity contribution in [3.05, 3.63) is 272 Å². The van der Waals surface area contributed by atoms with Crippen molar-refractivity contribution in [3.63, 3.8) is 0 Å². The number of hydrogen-bond acceptors (Lipinski definition) is 4. The fourth-order valence-electron chi connectivity index (χ4n) is 13.3. The smallest absolute Gasteiger partial charge is 0.137 e. The molecule has 2 aromatic heterocycles. The van der Waals surface area contributed by atoms with Gasteiger partial charge in [-0.15, -0.1) is 0 Å². The van der Waals surface area contributed by atoms with Crippen LogP contribution in [0.5, 0.6) is 0 Å². The van der Waals surface area contributed by atoms with E-state index in [1.54, 1.807) is 0 Å². The second kappa shape index (κ2) is 18.7. The Bertz CT molecular complexity index is 3850. The lowest BCUT2D eigenvalue weighted by Gasteiger charge is -2.27. The van der Waals surface area contributed by atoms with Crippen LogP contribution in [0.15, 0.2) is 194 Å². The quantitative estimate of drug-likeness (QED) is 0.128. The molecule has 0 aliphatic heterocycles. The van der Waals surface area contributed by atoms with Gasteiger partial charge in [0.15, 0.2) is 0 Å². The lowest BCUT2D eigenvalue weighted by Crippen LogP contribution is -2.17. The molecule has 0 atom stereocenters. The van der Waals surface area contributed by atoms with E-state index in [0.717, 1.165) is 34.4 Å². The summed E-state index contributed by atoms with van der Waals surface area (Å²) in [4.78, 5) is 14.2. The van der Waals surface area contributed by atoms with Gasteiger partial charge in [0, 0.05) is 51.4 Å². The molecule has 0 spiro atoms. The zero-order valence-corrected chi connectivity index (χ0v) is 47.1. The molecule has 0 saturated carbocycles. The summed E-state index contributed by atoms with van der Waals surface area (Å²) < 4.78 is 0. The number of benzene rings is 8. The molecule has 0 fully saturated rings. The number of anilines is 6. The first kappa shape index (κ1) is 49.7. The van der Waals surface area contributed by atoms with Crippen molar-refractivity contribution in [2.45, 2.75) is 85.5 Å². The number of aryl methyl sites for hydroxylation is 4. The summed E-state index contributed by atoms with van der Waals surface area (Å²) in [5, 5.41) is 0. The van der Waals surface area contributed by atoms with Gasteiger partial charge in [-0.25, -0.2) is 9.97 Å². The molecule has 8 aromatic carbocycles. The maximum Gasteiger partial charge on any atom is 0.137 e. The van der Waals surface area contributed by atoms with Crippen LogP contribution in [0, 0.1) is 27.7 Å². The minimum atomic E-state index is -0.192. The SMILES string of the molecule is Cc1cc(C)cc(N(c2ccc3c(c2)C(C)(C)c2cc(C=Cc4ccc5c(c4)C(C)(C)c4cc(C=Cc6ccc7c(c6)C(C)(C)c6cc(N(c8cc(C)cc(C)c8)c8ccccn8)ccc6-7)ccc4-5)ccc2-3)c2ccccn2)c1. The van der Waals surface area contributed by atoms with Crippen LogP contribution in [0.1, 0.15) is 119 Å². The molecular formula is C75H66N4. The van der Waals surface area contributed by atoms with Crippen LogP contribution in [-0.4, -0.2) is 9.97 Å². The molecule has 4 heteroatoms. The molecule has 79 heavy (non-hydrogen) atoms. The predicted molar refractivity (Wildman–Crippen MR) is 334 cm³/mol. The topological polar surface area (TPSA) is 32.3 Å². The summed E-state index contributed by atoms with van der Waals surface area (Å²) in [7, 11) is 0. The van der Waals surface area contributed by atoms with Crippen molar-refractivity contribution < 1.29 is 0 Å². The second-order valence-electron chi connectivity index (χ2n) is 24.0. The minimum absolute atomic E-state index is 0.155. The molecule has 0 bridgehead atoms. The molecule has 0 N–H and O–H groups in total. The highest BCUT2D eigenvalue weighted by atomic mass is 15.2. The Kier molecular flexibility index (Phi) is 11.7. The molecule has 13 rings (SSSR count). The molecule has 3 aliphatic carbocycles. The first-order chi connectivity index (χ1) is 38.0. The average Bonchev–Trinajstić information content (AvgIpc) is 3.79. The van der Waals surface area contributed by atoms with Gasteiger partial charge in [-0.2, -0.15) is 0 Å². The van der Waals surface area contributed by atoms with E-state index in [2.05, 4.69) is 273 Å². The fourth-order valence-corrected chi connectivity index (χ4v) is 13.3. The van der Waals surface area contributed by atoms with Crippen molar-refractivity contribution >= 4 is 58.7 Å². The zero-order valence-electron chi connectivity index (χ0n) is 47.1. The summed E-state index contributed by atoms with van der Waals surface area (Å²) in [5.41, 5.74) is 29.6. The predicted octanol–water partition coefficient (Wildman–Crippen LogP) is 19.9. The number of pyridine rings is 2. The van der Waals surface area contributed by atoms with Gasteiger partial charge in [0.05, 0.1) is 0 Å². The number of nitrogens with zero attached hydrogens (tertiary/aromatic N) is 4. The van der Waals surface area contributed by atoms with Gasteiger partial charge in [-0.1, -0.05) is 175 Å². The summed E-state index contributed by atoms with van der Waals surface area (Å²) in [5.74, 6) is 1.81. The van der Waals surface area contributed by atoms with Gasteiger partial charge in [0.25, 0.3) is 0 Å². The number of aromatic nitrogens is 2. The van der Waals surface area contributed by atoms with Crippen molar-refractivity contribution in [2.24, 2.45) is 0 Å². The van der Waals surface area contributed by atoms with Crippen molar-refractivity contribution in [1.29, 1.82) is 0 Å².